The van der Waals surface area contributed by atoms with Crippen LogP contribution in [0.4, 0.5) is 0 Å². The minimum Gasteiger partial charge on any atom is -0.348 e. The van der Waals surface area contributed by atoms with Crippen molar-refractivity contribution in [3.63, 3.8) is 0 Å². The molecule has 3 heterocycles. The molecular formula is C21H22N4O. The maximum atomic E-state index is 13.1. The Kier molecular flexibility index (Phi) is 4.63. The molecule has 2 N–H and O–H groups in total. The van der Waals surface area contributed by atoms with Crippen LogP contribution in [-0.4, -0.2) is 34.5 Å². The fourth-order valence-corrected chi connectivity index (χ4v) is 3.51. The molecule has 0 aliphatic carbocycles. The molecule has 1 amide bonds. The van der Waals surface area contributed by atoms with Crippen LogP contribution in [0.15, 0.2) is 54.9 Å². The predicted molar refractivity (Wildman–Crippen MR) is 103 cm³/mol. The second kappa shape index (κ2) is 7.22. The van der Waals surface area contributed by atoms with E-state index in [9.17, 15) is 4.79 Å². The monoisotopic (exact) mass is 346 g/mol. The summed E-state index contributed by atoms with van der Waals surface area (Å²) in [7, 11) is 0. The van der Waals surface area contributed by atoms with Crippen molar-refractivity contribution in [2.24, 2.45) is 0 Å². The maximum Gasteiger partial charge on any atom is 0.252 e. The third kappa shape index (κ3) is 3.30. The van der Waals surface area contributed by atoms with Crippen molar-refractivity contribution in [1.29, 1.82) is 0 Å². The van der Waals surface area contributed by atoms with Gasteiger partial charge in [0, 0.05) is 35.4 Å². The molecular weight excluding hydrogens is 324 g/mol. The lowest BCUT2D eigenvalue weighted by molar-refractivity contribution is 0.0921. The number of carbonyl (C=O) groups excluding carboxylic acids is 1. The van der Waals surface area contributed by atoms with E-state index in [1.165, 1.54) is 0 Å². The first-order valence-corrected chi connectivity index (χ1v) is 9.07. The van der Waals surface area contributed by atoms with Crippen molar-refractivity contribution in [3.8, 4) is 11.3 Å². The Bertz CT molecular complexity index is 926. The first-order valence-electron chi connectivity index (χ1n) is 9.07. The van der Waals surface area contributed by atoms with Crippen molar-refractivity contribution >= 4 is 16.8 Å². The van der Waals surface area contributed by atoms with Crippen LogP contribution in [0, 0.1) is 0 Å². The number of piperidine rings is 1. The van der Waals surface area contributed by atoms with Gasteiger partial charge in [-0.15, -0.1) is 0 Å². The molecule has 0 bridgehead atoms. The lowest BCUT2D eigenvalue weighted by Crippen LogP contribution is -2.51. The fraction of sp³-hybridized carbons (Fsp3) is 0.286. The number of nitrogens with one attached hydrogen (secondary N) is 2. The van der Waals surface area contributed by atoms with Crippen LogP contribution in [0.3, 0.4) is 0 Å². The average molecular weight is 346 g/mol. The van der Waals surface area contributed by atoms with E-state index in [-0.39, 0.29) is 18.0 Å². The Labute approximate surface area is 152 Å². The normalized spacial score (nSPS) is 20.0. The van der Waals surface area contributed by atoms with Crippen LogP contribution >= 0.6 is 0 Å². The number of aromatic nitrogens is 2. The summed E-state index contributed by atoms with van der Waals surface area (Å²) in [6, 6.07) is 13.9. The zero-order valence-electron chi connectivity index (χ0n) is 14.8. The number of rotatable bonds is 3. The van der Waals surface area contributed by atoms with Crippen LogP contribution < -0.4 is 10.6 Å². The number of hydrogen-bond acceptors (Lipinski definition) is 4. The quantitative estimate of drug-likeness (QED) is 0.764. The van der Waals surface area contributed by atoms with Gasteiger partial charge in [0.15, 0.2) is 0 Å². The third-order valence-electron chi connectivity index (χ3n) is 5.00. The van der Waals surface area contributed by atoms with E-state index in [0.717, 1.165) is 41.5 Å². The van der Waals surface area contributed by atoms with Gasteiger partial charge in [0.1, 0.15) is 0 Å². The van der Waals surface area contributed by atoms with E-state index in [1.807, 2.05) is 42.5 Å². The predicted octanol–water partition coefficient (Wildman–Crippen LogP) is 3.17. The number of para-hydroxylation sites is 1. The van der Waals surface area contributed by atoms with E-state index >= 15 is 0 Å². The van der Waals surface area contributed by atoms with E-state index in [2.05, 4.69) is 22.5 Å². The summed E-state index contributed by atoms with van der Waals surface area (Å²) in [6.07, 6.45) is 5.58. The molecule has 2 atom stereocenters. The molecule has 2 aromatic heterocycles. The first-order chi connectivity index (χ1) is 12.7. The van der Waals surface area contributed by atoms with Crippen LogP contribution in [0.1, 0.15) is 30.1 Å². The van der Waals surface area contributed by atoms with Crippen LogP contribution in [0.5, 0.6) is 0 Å². The highest BCUT2D eigenvalue weighted by molar-refractivity contribution is 6.07. The Morgan fingerprint density at radius 3 is 2.92 bits per heavy atom. The third-order valence-corrected chi connectivity index (χ3v) is 5.00. The summed E-state index contributed by atoms with van der Waals surface area (Å²) in [5.41, 5.74) is 3.14. The number of fused-ring (bicyclic) bond motifs is 1. The Morgan fingerprint density at radius 2 is 2.12 bits per heavy atom. The van der Waals surface area contributed by atoms with E-state index in [0.29, 0.717) is 5.56 Å². The molecule has 26 heavy (non-hydrogen) atoms. The van der Waals surface area contributed by atoms with Gasteiger partial charge in [-0.2, -0.15) is 0 Å². The van der Waals surface area contributed by atoms with Gasteiger partial charge in [0.25, 0.3) is 5.91 Å². The smallest absolute Gasteiger partial charge is 0.252 e. The Hall–Kier alpha value is -2.79. The Balaban J connectivity index is 1.74. The molecule has 1 aliphatic rings. The molecule has 5 heteroatoms. The molecule has 0 saturated carbocycles. The van der Waals surface area contributed by atoms with Crippen LogP contribution in [0.2, 0.25) is 0 Å². The number of benzene rings is 1. The molecule has 1 aromatic carbocycles. The topological polar surface area (TPSA) is 66.9 Å². The minimum absolute atomic E-state index is 0.0470. The summed E-state index contributed by atoms with van der Waals surface area (Å²) >= 11 is 0. The van der Waals surface area contributed by atoms with E-state index < -0.39 is 0 Å². The molecule has 1 aliphatic heterocycles. The molecule has 0 radical (unpaired) electrons. The Morgan fingerprint density at radius 1 is 1.23 bits per heavy atom. The summed E-state index contributed by atoms with van der Waals surface area (Å²) < 4.78 is 0. The van der Waals surface area contributed by atoms with Gasteiger partial charge in [-0.25, -0.2) is 4.98 Å². The zero-order valence-corrected chi connectivity index (χ0v) is 14.8. The fourth-order valence-electron chi connectivity index (χ4n) is 3.51. The van der Waals surface area contributed by atoms with Gasteiger partial charge in [0.2, 0.25) is 0 Å². The number of amides is 1. The van der Waals surface area contributed by atoms with Crippen LogP contribution in [0.25, 0.3) is 22.2 Å². The van der Waals surface area contributed by atoms with Crippen molar-refractivity contribution < 1.29 is 4.79 Å². The second-order valence-corrected chi connectivity index (χ2v) is 6.78. The van der Waals surface area contributed by atoms with Gasteiger partial charge >= 0.3 is 0 Å². The number of hydrogen-bond donors (Lipinski definition) is 2. The molecule has 2 unspecified atom stereocenters. The van der Waals surface area contributed by atoms with Gasteiger partial charge in [-0.1, -0.05) is 18.2 Å². The van der Waals surface area contributed by atoms with Crippen molar-refractivity contribution in [2.75, 3.05) is 6.54 Å². The summed E-state index contributed by atoms with van der Waals surface area (Å²) in [5, 5.41) is 7.51. The highest BCUT2D eigenvalue weighted by atomic mass is 16.1. The maximum absolute atomic E-state index is 13.1. The highest BCUT2D eigenvalue weighted by Crippen LogP contribution is 2.24. The second-order valence-electron chi connectivity index (χ2n) is 6.78. The highest BCUT2D eigenvalue weighted by Gasteiger charge is 2.24. The van der Waals surface area contributed by atoms with Crippen molar-refractivity contribution in [1.82, 2.24) is 20.6 Å². The summed E-state index contributed by atoms with van der Waals surface area (Å²) in [5.74, 6) is -0.0470. The molecule has 1 saturated heterocycles. The largest absolute Gasteiger partial charge is 0.348 e. The SMILES string of the molecule is CC1NCCCC1NC(=O)c1cc(-c2cccnc2)nc2ccccc12. The number of nitrogens with zero attached hydrogens (tertiary/aromatic N) is 2. The summed E-state index contributed by atoms with van der Waals surface area (Å²) in [4.78, 5) is 22.0. The standard InChI is InChI=1S/C21H22N4O/c1-14-18(9-5-11-23-14)25-21(26)17-12-20(15-6-4-10-22-13-15)24-19-8-3-2-7-16(17)19/h2-4,6-8,10,12-14,18,23H,5,9,11H2,1H3,(H,25,26). The number of carbonyl (C=O) groups is 1. The number of pyridine rings is 2. The van der Waals surface area contributed by atoms with Gasteiger partial charge < -0.3 is 10.6 Å². The lowest BCUT2D eigenvalue weighted by atomic mass is 9.98. The molecule has 4 rings (SSSR count). The zero-order chi connectivity index (χ0) is 17.9. The van der Waals surface area contributed by atoms with Gasteiger partial charge in [-0.3, -0.25) is 9.78 Å². The van der Waals surface area contributed by atoms with Crippen molar-refractivity contribution in [2.45, 2.75) is 31.8 Å². The molecule has 5 nitrogen and oxygen atoms in total. The lowest BCUT2D eigenvalue weighted by Gasteiger charge is -2.30. The van der Waals surface area contributed by atoms with E-state index in [4.69, 9.17) is 4.98 Å². The van der Waals surface area contributed by atoms with Gasteiger partial charge in [0.05, 0.1) is 16.8 Å². The molecule has 132 valence electrons. The molecule has 0 spiro atoms. The average Bonchev–Trinajstić information content (AvgIpc) is 2.69. The van der Waals surface area contributed by atoms with Gasteiger partial charge in [-0.05, 0) is 50.6 Å². The summed E-state index contributed by atoms with van der Waals surface area (Å²) in [6.45, 7) is 3.13. The van der Waals surface area contributed by atoms with E-state index in [1.54, 1.807) is 12.4 Å². The first kappa shape index (κ1) is 16.7. The van der Waals surface area contributed by atoms with Crippen LogP contribution in [-0.2, 0) is 0 Å². The molecule has 1 fully saturated rings. The van der Waals surface area contributed by atoms with Crippen molar-refractivity contribution in [3.05, 3.63) is 60.4 Å². The molecule has 3 aromatic rings. The minimum atomic E-state index is -0.0470.